The van der Waals surface area contributed by atoms with Crippen LogP contribution in [0.2, 0.25) is 0 Å². The smallest absolute Gasteiger partial charge is 0.306 e. The van der Waals surface area contributed by atoms with Gasteiger partial charge < -0.3 is 33.3 Å². The summed E-state index contributed by atoms with van der Waals surface area (Å²) in [6, 6.07) is 0. The number of quaternary nitrogens is 1. The second kappa shape index (κ2) is 46.5. The van der Waals surface area contributed by atoms with E-state index in [0.717, 1.165) is 83.5 Å². The van der Waals surface area contributed by atoms with Gasteiger partial charge in [-0.25, -0.2) is 0 Å². The first kappa shape index (κ1) is 61.0. The lowest BCUT2D eigenvalue weighted by Gasteiger charge is -2.26. The lowest BCUT2D eigenvalue weighted by molar-refractivity contribution is -0.870. The van der Waals surface area contributed by atoms with E-state index < -0.39 is 24.3 Å². The molecule has 0 amide bonds. The molecule has 0 bridgehead atoms. The average molecular weight is 900 g/mol. The maximum Gasteiger partial charge on any atom is 0.306 e. The number of likely N-dealkylation sites (N-methyl/N-ethyl adjacent to an activating group) is 1. The molecular weight excluding hydrogens is 803 g/mol. The summed E-state index contributed by atoms with van der Waals surface area (Å²) in [5.41, 5.74) is 0. The molecule has 2 atom stereocenters. The summed E-state index contributed by atoms with van der Waals surface area (Å²) in [6.45, 7) is 4.62. The zero-order chi connectivity index (χ0) is 47.0. The maximum atomic E-state index is 12.8. The van der Waals surface area contributed by atoms with E-state index >= 15 is 0 Å². The topological polar surface area (TPSA) is 111 Å². The summed E-state index contributed by atoms with van der Waals surface area (Å²) in [7, 11) is 5.91. The summed E-state index contributed by atoms with van der Waals surface area (Å²) in [4.78, 5) is 37.2. The van der Waals surface area contributed by atoms with Crippen molar-refractivity contribution in [3.05, 3.63) is 60.8 Å². The second-order valence-corrected chi connectivity index (χ2v) is 18.4. The van der Waals surface area contributed by atoms with Gasteiger partial charge in [0.25, 0.3) is 0 Å². The van der Waals surface area contributed by atoms with Crippen LogP contribution in [0.1, 0.15) is 213 Å². The third kappa shape index (κ3) is 47.0. The van der Waals surface area contributed by atoms with Crippen LogP contribution >= 0.6 is 0 Å². The van der Waals surface area contributed by atoms with Crippen molar-refractivity contribution in [1.82, 2.24) is 0 Å². The molecule has 0 saturated heterocycles. The Labute approximate surface area is 393 Å². The molecule has 0 aromatic carbocycles. The van der Waals surface area contributed by atoms with Gasteiger partial charge in [-0.05, 0) is 57.8 Å². The molecule has 0 aromatic heterocycles. The van der Waals surface area contributed by atoms with Crippen molar-refractivity contribution in [2.24, 2.45) is 0 Å². The Balaban J connectivity index is 4.38. The van der Waals surface area contributed by atoms with Gasteiger partial charge in [0, 0.05) is 12.8 Å². The molecule has 0 N–H and O–H groups in total. The predicted octanol–water partition coefficient (Wildman–Crippen LogP) is 13.2. The number of carboxylic acid groups (broad SMARTS) is 1. The van der Waals surface area contributed by atoms with Crippen molar-refractivity contribution in [3.8, 4) is 0 Å². The lowest BCUT2D eigenvalue weighted by Crippen LogP contribution is -2.44. The highest BCUT2D eigenvalue weighted by Crippen LogP contribution is 2.16. The molecule has 0 radical (unpaired) electrons. The molecule has 9 heteroatoms. The Kier molecular flexibility index (Phi) is 44.3. The molecule has 0 aliphatic heterocycles. The number of esters is 2. The van der Waals surface area contributed by atoms with Gasteiger partial charge in [0.05, 0.1) is 40.3 Å². The van der Waals surface area contributed by atoms with Crippen LogP contribution in [0, 0.1) is 0 Å². The fourth-order valence-electron chi connectivity index (χ4n) is 7.03. The third-order valence-corrected chi connectivity index (χ3v) is 11.0. The van der Waals surface area contributed by atoms with Crippen LogP contribution in [0.15, 0.2) is 60.8 Å². The Morgan fingerprint density at radius 3 is 1.33 bits per heavy atom. The largest absolute Gasteiger partial charge is 0.545 e. The Morgan fingerprint density at radius 1 is 0.484 bits per heavy atom. The van der Waals surface area contributed by atoms with E-state index in [1.807, 2.05) is 21.1 Å². The van der Waals surface area contributed by atoms with Crippen molar-refractivity contribution in [1.29, 1.82) is 0 Å². The van der Waals surface area contributed by atoms with Gasteiger partial charge in [-0.3, -0.25) is 9.59 Å². The van der Waals surface area contributed by atoms with Gasteiger partial charge in [0.2, 0.25) is 0 Å². The Morgan fingerprint density at radius 2 is 0.891 bits per heavy atom. The first-order valence-corrected chi connectivity index (χ1v) is 25.9. The summed E-state index contributed by atoms with van der Waals surface area (Å²) in [6.07, 6.45) is 53.9. The third-order valence-electron chi connectivity index (χ3n) is 11.0. The normalized spacial score (nSPS) is 13.3. The fourth-order valence-corrected chi connectivity index (χ4v) is 7.03. The van der Waals surface area contributed by atoms with Gasteiger partial charge in [0.15, 0.2) is 12.4 Å². The van der Waals surface area contributed by atoms with Crippen molar-refractivity contribution in [2.45, 2.75) is 225 Å². The second-order valence-electron chi connectivity index (χ2n) is 18.4. The molecule has 0 saturated carbocycles. The van der Waals surface area contributed by atoms with E-state index in [1.165, 1.54) is 96.3 Å². The Bertz CT molecular complexity index is 1230. The molecule has 9 nitrogen and oxygen atoms in total. The molecule has 0 rings (SSSR count). The van der Waals surface area contributed by atoms with Gasteiger partial charge in [-0.2, -0.15) is 0 Å². The van der Waals surface area contributed by atoms with E-state index in [1.54, 1.807) is 0 Å². The van der Waals surface area contributed by atoms with Gasteiger partial charge >= 0.3 is 11.9 Å². The average Bonchev–Trinajstić information content (AvgIpc) is 3.26. The number of rotatable bonds is 47. The minimum Gasteiger partial charge on any atom is -0.545 e. The highest BCUT2D eigenvalue weighted by atomic mass is 16.7. The standard InChI is InChI=1S/C55H97NO8/c1-6-8-10-12-14-16-18-20-22-24-26-27-28-30-32-34-36-38-40-42-44-46-53(58)64-51(50-63-55(54(59)60)61-48-47-56(3,4)5)49-62-52(57)45-43-41-39-37-35-33-31-29-25-23-21-19-17-15-13-11-9-7-2/h8,10,14,16,20,22,26-27,30,32,51,55H,6-7,9,11-13,15,17-19,21,23-25,28-29,31,33-50H2,1-5H3/b10-8-,16-14-,22-20-,27-26-,32-30-. The Hall–Kier alpha value is -3.01. The van der Waals surface area contributed by atoms with Crippen LogP contribution < -0.4 is 5.11 Å². The van der Waals surface area contributed by atoms with Crippen LogP contribution in [0.4, 0.5) is 0 Å². The number of unbranched alkanes of at least 4 members (excludes halogenated alkanes) is 22. The number of carboxylic acids is 1. The van der Waals surface area contributed by atoms with E-state index in [9.17, 15) is 19.5 Å². The zero-order valence-electron chi connectivity index (χ0n) is 41.9. The number of carbonyl (C=O) groups excluding carboxylic acids is 3. The summed E-state index contributed by atoms with van der Waals surface area (Å²) < 4.78 is 22.6. The minimum atomic E-state index is -1.63. The number of allylic oxidation sites excluding steroid dienone is 10. The van der Waals surface area contributed by atoms with Crippen molar-refractivity contribution in [3.63, 3.8) is 0 Å². The molecule has 0 aromatic rings. The first-order valence-electron chi connectivity index (χ1n) is 25.9. The van der Waals surface area contributed by atoms with E-state index in [0.29, 0.717) is 17.4 Å². The van der Waals surface area contributed by atoms with Crippen molar-refractivity contribution < 1.29 is 42.9 Å². The highest BCUT2D eigenvalue weighted by molar-refractivity contribution is 5.70. The molecule has 0 aliphatic rings. The van der Waals surface area contributed by atoms with Crippen LogP contribution in [0.3, 0.4) is 0 Å². The van der Waals surface area contributed by atoms with Crippen LogP contribution in [-0.4, -0.2) is 82.3 Å². The number of carbonyl (C=O) groups is 3. The monoisotopic (exact) mass is 900 g/mol. The molecule has 0 fully saturated rings. The van der Waals surface area contributed by atoms with Crippen molar-refractivity contribution >= 4 is 17.9 Å². The number of hydrogen-bond acceptors (Lipinski definition) is 8. The van der Waals surface area contributed by atoms with E-state index in [2.05, 4.69) is 74.6 Å². The van der Waals surface area contributed by atoms with Crippen LogP contribution in [0.25, 0.3) is 0 Å². The summed E-state index contributed by atoms with van der Waals surface area (Å²) in [5, 5.41) is 11.7. The summed E-state index contributed by atoms with van der Waals surface area (Å²) >= 11 is 0. The minimum absolute atomic E-state index is 0.142. The number of nitrogens with zero attached hydrogens (tertiary/aromatic N) is 1. The van der Waals surface area contributed by atoms with Crippen molar-refractivity contribution in [2.75, 3.05) is 47.5 Å². The van der Waals surface area contributed by atoms with Gasteiger partial charge in [-0.15, -0.1) is 0 Å². The molecule has 370 valence electrons. The number of hydrogen-bond donors (Lipinski definition) is 0. The SMILES string of the molecule is CC/C=C\C/C=C\C/C=C\C/C=C\C/C=C\CCCCCCCC(=O)OC(COC(=O)CCCCCCCCCCCCCCCCCCCC)COC(OCC[N+](C)(C)C)C(=O)[O-]. The molecule has 2 unspecified atom stereocenters. The molecule has 0 heterocycles. The zero-order valence-corrected chi connectivity index (χ0v) is 41.9. The van der Waals surface area contributed by atoms with Crippen LogP contribution in [0.5, 0.6) is 0 Å². The predicted molar refractivity (Wildman–Crippen MR) is 265 cm³/mol. The van der Waals surface area contributed by atoms with Gasteiger partial charge in [-0.1, -0.05) is 203 Å². The molecular formula is C55H97NO8. The molecule has 0 aliphatic carbocycles. The van der Waals surface area contributed by atoms with E-state index in [4.69, 9.17) is 18.9 Å². The number of ether oxygens (including phenoxy) is 4. The highest BCUT2D eigenvalue weighted by Gasteiger charge is 2.22. The maximum absolute atomic E-state index is 12.8. The van der Waals surface area contributed by atoms with E-state index in [-0.39, 0.29) is 38.6 Å². The van der Waals surface area contributed by atoms with Crippen LogP contribution in [-0.2, 0) is 33.3 Å². The number of aliphatic carboxylic acids is 1. The fraction of sp³-hybridized carbons (Fsp3) is 0.764. The molecule has 0 spiro atoms. The van der Waals surface area contributed by atoms with Gasteiger partial charge in [0.1, 0.15) is 13.2 Å². The quantitative estimate of drug-likeness (QED) is 0.0195. The lowest BCUT2D eigenvalue weighted by atomic mass is 10.0. The first-order chi connectivity index (χ1) is 31.1. The molecule has 64 heavy (non-hydrogen) atoms. The summed E-state index contributed by atoms with van der Waals surface area (Å²) in [5.74, 6) is -2.31.